The van der Waals surface area contributed by atoms with Gasteiger partial charge in [-0.15, -0.1) is 0 Å². The van der Waals surface area contributed by atoms with Crippen LogP contribution in [0.4, 0.5) is 0 Å². The average Bonchev–Trinajstić information content (AvgIpc) is 3.02. The van der Waals surface area contributed by atoms with Crippen LogP contribution in [0.2, 0.25) is 0 Å². The number of fused-ring (bicyclic) bond motifs is 1. The van der Waals surface area contributed by atoms with E-state index < -0.39 is 0 Å². The highest BCUT2D eigenvalue weighted by Crippen LogP contribution is 2.58. The van der Waals surface area contributed by atoms with Gasteiger partial charge in [-0.05, 0) is 52.0 Å². The van der Waals surface area contributed by atoms with Crippen molar-refractivity contribution in [3.05, 3.63) is 40.9 Å². The minimum atomic E-state index is 0.363. The smallest absolute Gasteiger partial charge is 0.134 e. The minimum Gasteiger partial charge on any atom is -0.489 e. The van der Waals surface area contributed by atoms with Gasteiger partial charge in [0.05, 0.1) is 4.47 Å². The molecule has 0 aromatic heterocycles. The average molecular weight is 410 g/mol. The van der Waals surface area contributed by atoms with E-state index in [4.69, 9.17) is 4.74 Å². The summed E-state index contributed by atoms with van der Waals surface area (Å²) in [5.74, 6) is 0.990. The van der Waals surface area contributed by atoms with Crippen LogP contribution < -0.4 is 4.74 Å². The third-order valence-corrected chi connectivity index (χ3v) is 7.42. The fourth-order valence-corrected chi connectivity index (χ4v) is 5.67. The van der Waals surface area contributed by atoms with Crippen LogP contribution >= 0.6 is 31.9 Å². The lowest BCUT2D eigenvalue weighted by Crippen LogP contribution is -2.55. The maximum Gasteiger partial charge on any atom is 0.134 e. The maximum atomic E-state index is 6.42. The highest BCUT2D eigenvalue weighted by Gasteiger charge is 2.56. The molecule has 2 atom stereocenters. The summed E-state index contributed by atoms with van der Waals surface area (Å²) in [7, 11) is 0. The molecule has 2 aliphatic carbocycles. The molecule has 3 heteroatoms. The number of hydrogen-bond donors (Lipinski definition) is 0. The van der Waals surface area contributed by atoms with Crippen LogP contribution in [0.25, 0.3) is 10.8 Å². The molecule has 0 radical (unpaired) electrons. The zero-order valence-corrected chi connectivity index (χ0v) is 15.0. The van der Waals surface area contributed by atoms with Crippen molar-refractivity contribution in [3.8, 4) is 5.75 Å². The number of hydrogen-bond acceptors (Lipinski definition) is 1. The van der Waals surface area contributed by atoms with Crippen molar-refractivity contribution in [1.82, 2.24) is 0 Å². The Morgan fingerprint density at radius 3 is 2.57 bits per heavy atom. The summed E-state index contributed by atoms with van der Waals surface area (Å²) in [5, 5.41) is 2.48. The molecule has 1 spiro atoms. The van der Waals surface area contributed by atoms with Gasteiger partial charge < -0.3 is 4.74 Å². The summed E-state index contributed by atoms with van der Waals surface area (Å²) >= 11 is 7.60. The van der Waals surface area contributed by atoms with Crippen molar-refractivity contribution in [3.63, 3.8) is 0 Å². The van der Waals surface area contributed by atoms with Gasteiger partial charge in [-0.3, -0.25) is 0 Å². The zero-order chi connectivity index (χ0) is 14.4. The van der Waals surface area contributed by atoms with Gasteiger partial charge in [-0.1, -0.05) is 59.1 Å². The highest BCUT2D eigenvalue weighted by atomic mass is 79.9. The Balaban J connectivity index is 1.64. The summed E-state index contributed by atoms with van der Waals surface area (Å²) in [6, 6.07) is 12.7. The number of ether oxygens (including phenoxy) is 1. The predicted molar refractivity (Wildman–Crippen MR) is 94.3 cm³/mol. The zero-order valence-electron chi connectivity index (χ0n) is 11.8. The first-order valence-corrected chi connectivity index (χ1v) is 9.39. The monoisotopic (exact) mass is 408 g/mol. The van der Waals surface area contributed by atoms with Gasteiger partial charge in [0.25, 0.3) is 0 Å². The van der Waals surface area contributed by atoms with Gasteiger partial charge >= 0.3 is 0 Å². The van der Waals surface area contributed by atoms with Gasteiger partial charge in [-0.2, -0.15) is 0 Å². The van der Waals surface area contributed by atoms with Crippen molar-refractivity contribution >= 4 is 42.6 Å². The summed E-state index contributed by atoms with van der Waals surface area (Å²) in [4.78, 5) is 0.636. The van der Waals surface area contributed by atoms with Crippen LogP contribution in [0.1, 0.15) is 32.1 Å². The second kappa shape index (κ2) is 5.27. The Kier molecular flexibility index (Phi) is 3.54. The quantitative estimate of drug-likeness (QED) is 0.546. The predicted octanol–water partition coefficient (Wildman–Crippen LogP) is 6.08. The fourth-order valence-electron chi connectivity index (χ4n) is 3.99. The van der Waals surface area contributed by atoms with Crippen LogP contribution in [-0.2, 0) is 0 Å². The van der Waals surface area contributed by atoms with E-state index in [-0.39, 0.29) is 0 Å². The molecule has 4 rings (SSSR count). The first-order chi connectivity index (χ1) is 10.2. The number of benzene rings is 2. The molecule has 0 bridgehead atoms. The van der Waals surface area contributed by atoms with Gasteiger partial charge in [0.2, 0.25) is 0 Å². The summed E-state index contributed by atoms with van der Waals surface area (Å²) in [6.07, 6.45) is 6.79. The fraction of sp³-hybridized carbons (Fsp3) is 0.444. The summed E-state index contributed by atoms with van der Waals surface area (Å²) < 4.78 is 7.51. The first kappa shape index (κ1) is 14.1. The first-order valence-electron chi connectivity index (χ1n) is 7.69. The Bertz CT molecular complexity index is 676. The van der Waals surface area contributed by atoms with Crippen LogP contribution in [0.5, 0.6) is 5.75 Å². The van der Waals surface area contributed by atoms with E-state index in [1.807, 2.05) is 0 Å². The second-order valence-electron chi connectivity index (χ2n) is 6.35. The van der Waals surface area contributed by atoms with E-state index in [1.54, 1.807) is 0 Å². The van der Waals surface area contributed by atoms with E-state index in [9.17, 15) is 0 Å². The molecule has 0 N–H and O–H groups in total. The van der Waals surface area contributed by atoms with Crippen molar-refractivity contribution in [2.75, 3.05) is 0 Å². The SMILES string of the molecule is Brc1c(OC2CC(Br)C23CCCC3)ccc2ccccc12. The molecule has 0 saturated heterocycles. The van der Waals surface area contributed by atoms with Crippen molar-refractivity contribution in [2.24, 2.45) is 5.41 Å². The summed E-state index contributed by atoms with van der Waals surface area (Å²) in [6.45, 7) is 0. The van der Waals surface area contributed by atoms with E-state index in [0.717, 1.165) is 16.6 Å². The normalized spacial score (nSPS) is 27.0. The topological polar surface area (TPSA) is 9.23 Å². The highest BCUT2D eigenvalue weighted by molar-refractivity contribution is 9.10. The van der Waals surface area contributed by atoms with E-state index in [1.165, 1.54) is 36.5 Å². The van der Waals surface area contributed by atoms with Crippen molar-refractivity contribution in [2.45, 2.75) is 43.0 Å². The van der Waals surface area contributed by atoms with Crippen molar-refractivity contribution < 1.29 is 4.74 Å². The molecule has 110 valence electrons. The molecular formula is C18H18Br2O. The molecule has 2 aromatic rings. The van der Waals surface area contributed by atoms with Crippen LogP contribution in [0.3, 0.4) is 0 Å². The van der Waals surface area contributed by atoms with Crippen LogP contribution in [0.15, 0.2) is 40.9 Å². The molecular weight excluding hydrogens is 392 g/mol. The minimum absolute atomic E-state index is 0.363. The lowest BCUT2D eigenvalue weighted by atomic mass is 9.64. The van der Waals surface area contributed by atoms with Crippen LogP contribution in [0, 0.1) is 5.41 Å². The van der Waals surface area contributed by atoms with Gasteiger partial charge in [0.15, 0.2) is 0 Å². The molecule has 0 aliphatic heterocycles. The maximum absolute atomic E-state index is 6.42. The van der Waals surface area contributed by atoms with E-state index in [0.29, 0.717) is 16.3 Å². The number of rotatable bonds is 2. The molecule has 21 heavy (non-hydrogen) atoms. The molecule has 2 fully saturated rings. The van der Waals surface area contributed by atoms with Gasteiger partial charge in [0.1, 0.15) is 11.9 Å². The summed E-state index contributed by atoms with van der Waals surface area (Å²) in [5.41, 5.74) is 0.380. The lowest BCUT2D eigenvalue weighted by molar-refractivity contribution is -0.0307. The van der Waals surface area contributed by atoms with Crippen LogP contribution in [-0.4, -0.2) is 10.9 Å². The number of halogens is 2. The van der Waals surface area contributed by atoms with E-state index in [2.05, 4.69) is 68.3 Å². The molecule has 1 nitrogen and oxygen atoms in total. The van der Waals surface area contributed by atoms with Gasteiger partial charge in [0, 0.05) is 10.2 Å². The third kappa shape index (κ3) is 2.16. The molecule has 2 saturated carbocycles. The molecule has 0 heterocycles. The van der Waals surface area contributed by atoms with Crippen molar-refractivity contribution in [1.29, 1.82) is 0 Å². The molecule has 2 aromatic carbocycles. The Hall–Kier alpha value is -0.540. The standard InChI is InChI=1S/C18H18Br2O/c19-15-11-16(18(15)9-3-4-10-18)21-14-8-7-12-5-1-2-6-13(12)17(14)20/h1-2,5-8,15-16H,3-4,9-11H2. The Morgan fingerprint density at radius 1 is 1.05 bits per heavy atom. The Morgan fingerprint density at radius 2 is 1.81 bits per heavy atom. The number of alkyl halides is 1. The second-order valence-corrected chi connectivity index (χ2v) is 8.25. The molecule has 0 amide bonds. The van der Waals surface area contributed by atoms with E-state index >= 15 is 0 Å². The molecule has 2 aliphatic rings. The lowest BCUT2D eigenvalue weighted by Gasteiger charge is -2.51. The molecule has 2 unspecified atom stereocenters. The third-order valence-electron chi connectivity index (χ3n) is 5.32. The Labute approximate surface area is 142 Å². The largest absolute Gasteiger partial charge is 0.489 e. The van der Waals surface area contributed by atoms with Gasteiger partial charge in [-0.25, -0.2) is 0 Å².